The summed E-state index contributed by atoms with van der Waals surface area (Å²) >= 11 is 6.66. The summed E-state index contributed by atoms with van der Waals surface area (Å²) in [6, 6.07) is 8.99. The largest absolute Gasteiger partial charge is 0.462 e. The Morgan fingerprint density at radius 2 is 2.12 bits per heavy atom. The van der Waals surface area contributed by atoms with Crippen molar-refractivity contribution in [2.45, 2.75) is 44.7 Å². The number of halogens is 1. The van der Waals surface area contributed by atoms with E-state index >= 15 is 0 Å². The quantitative estimate of drug-likeness (QED) is 0.325. The summed E-state index contributed by atoms with van der Waals surface area (Å²) in [5.74, 6) is 0.533. The lowest BCUT2D eigenvalue weighted by Gasteiger charge is -2.36. The number of rotatable bonds is 9. The number of carbonyl (C=O) groups excluding carboxylic acids is 1. The predicted octanol–water partition coefficient (Wildman–Crippen LogP) is 4.69. The summed E-state index contributed by atoms with van der Waals surface area (Å²) in [4.78, 5) is 35.0. The van der Waals surface area contributed by atoms with Crippen LogP contribution in [0.15, 0.2) is 55.1 Å². The van der Waals surface area contributed by atoms with E-state index in [-0.39, 0.29) is 12.3 Å². The molecule has 4 heterocycles. The molecule has 0 saturated heterocycles. The molecule has 3 aliphatic rings. The number of allylic oxidation sites excluding steroid dienone is 1. The van der Waals surface area contributed by atoms with E-state index < -0.39 is 0 Å². The Balaban J connectivity index is 1.34. The van der Waals surface area contributed by atoms with Gasteiger partial charge >= 0.3 is 6.01 Å². The van der Waals surface area contributed by atoms with E-state index in [1.165, 1.54) is 25.3 Å². The molecule has 222 valence electrons. The maximum atomic E-state index is 12.5. The van der Waals surface area contributed by atoms with Gasteiger partial charge in [0.2, 0.25) is 5.91 Å². The summed E-state index contributed by atoms with van der Waals surface area (Å²) in [5, 5.41) is 12.1. The van der Waals surface area contributed by atoms with Gasteiger partial charge in [0.15, 0.2) is 0 Å². The number of anilines is 2. The zero-order valence-corrected chi connectivity index (χ0v) is 25.1. The number of amides is 1. The molecule has 1 saturated carbocycles. The van der Waals surface area contributed by atoms with E-state index in [0.717, 1.165) is 46.6 Å². The average Bonchev–Trinajstić information content (AvgIpc) is 2.99. The molecule has 6 rings (SSSR count). The minimum Gasteiger partial charge on any atom is -0.462 e. The van der Waals surface area contributed by atoms with Crippen molar-refractivity contribution in [3.8, 4) is 12.1 Å². The molecule has 0 bridgehead atoms. The monoisotopic (exact) mass is 598 g/mol. The number of nitriles is 1. The van der Waals surface area contributed by atoms with Crippen molar-refractivity contribution in [3.05, 3.63) is 71.4 Å². The highest BCUT2D eigenvalue weighted by molar-refractivity contribution is 6.36. The highest BCUT2D eigenvalue weighted by Crippen LogP contribution is 2.37. The normalized spacial score (nSPS) is 16.9. The van der Waals surface area contributed by atoms with E-state index in [9.17, 15) is 10.1 Å². The smallest absolute Gasteiger partial charge is 0.318 e. The standard InChI is InChI=1S/C32H35ClN8O2/c1-3-29(42)41-15-14-40(20-24(41)10-12-34)31-25-11-13-39(28-19-35-18-22-6-4-9-26(33)30(22)28)21-27(25)36-32(37-31)43-17-16-38(2)23-7-5-8-23/h3-4,6,9,18-20,23H,1,5,7-8,10-11,13-17,21H2,2H3. The number of hydrogen-bond acceptors (Lipinski definition) is 9. The fraction of sp³-hybridized carbons (Fsp3) is 0.406. The van der Waals surface area contributed by atoms with Crippen LogP contribution in [0.3, 0.4) is 0 Å². The van der Waals surface area contributed by atoms with Gasteiger partial charge in [-0.1, -0.05) is 36.7 Å². The van der Waals surface area contributed by atoms with Crippen molar-refractivity contribution >= 4 is 39.8 Å². The first-order valence-electron chi connectivity index (χ1n) is 14.7. The summed E-state index contributed by atoms with van der Waals surface area (Å²) in [7, 11) is 2.14. The topological polar surface area (TPSA) is 102 Å². The molecule has 0 atom stereocenters. The Morgan fingerprint density at radius 3 is 2.88 bits per heavy atom. The van der Waals surface area contributed by atoms with E-state index in [2.05, 4.69) is 34.5 Å². The Labute approximate surface area is 256 Å². The van der Waals surface area contributed by atoms with Gasteiger partial charge in [-0.25, -0.2) is 0 Å². The number of aromatic nitrogens is 3. The van der Waals surface area contributed by atoms with Crippen LogP contribution in [0.1, 0.15) is 36.9 Å². The van der Waals surface area contributed by atoms with Gasteiger partial charge in [-0.2, -0.15) is 15.2 Å². The molecule has 1 aliphatic carbocycles. The molecule has 2 aromatic heterocycles. The molecular formula is C32H35ClN8O2. The fourth-order valence-corrected chi connectivity index (χ4v) is 6.29. The molecule has 43 heavy (non-hydrogen) atoms. The number of nitrogens with zero attached hydrogens (tertiary/aromatic N) is 8. The van der Waals surface area contributed by atoms with E-state index in [1.807, 2.05) is 41.7 Å². The average molecular weight is 599 g/mol. The number of carbonyl (C=O) groups is 1. The first kappa shape index (κ1) is 28.9. The Hall–Kier alpha value is -4.20. The maximum Gasteiger partial charge on any atom is 0.318 e. The van der Waals surface area contributed by atoms with Gasteiger partial charge in [0.1, 0.15) is 12.4 Å². The SMILES string of the molecule is C=CC(=O)N1CCN(c2nc(OCCN(C)C3CCC3)nc3c2CCN(c2cncc4cccc(Cl)c24)C3)C=C1CC#N. The summed E-state index contributed by atoms with van der Waals surface area (Å²) in [6.07, 6.45) is 11.4. The zero-order chi connectivity index (χ0) is 29.9. The van der Waals surface area contributed by atoms with Crippen LogP contribution in [-0.2, 0) is 17.8 Å². The third-order valence-electron chi connectivity index (χ3n) is 8.64. The highest BCUT2D eigenvalue weighted by Gasteiger charge is 2.30. The third kappa shape index (κ3) is 5.88. The van der Waals surface area contributed by atoms with Crippen molar-refractivity contribution in [2.24, 2.45) is 0 Å². The van der Waals surface area contributed by atoms with Crippen LogP contribution in [0.25, 0.3) is 10.8 Å². The van der Waals surface area contributed by atoms with Gasteiger partial charge in [0, 0.05) is 61.0 Å². The minimum absolute atomic E-state index is 0.100. The van der Waals surface area contributed by atoms with Crippen LogP contribution in [0, 0.1) is 11.3 Å². The number of pyridine rings is 1. The van der Waals surface area contributed by atoms with Gasteiger partial charge in [-0.3, -0.25) is 9.78 Å². The van der Waals surface area contributed by atoms with Crippen molar-refractivity contribution in [1.29, 1.82) is 5.26 Å². The van der Waals surface area contributed by atoms with Crippen molar-refractivity contribution in [3.63, 3.8) is 0 Å². The molecule has 0 radical (unpaired) electrons. The van der Waals surface area contributed by atoms with Gasteiger partial charge in [-0.05, 0) is 38.5 Å². The van der Waals surface area contributed by atoms with Crippen LogP contribution in [-0.4, -0.2) is 76.5 Å². The second-order valence-corrected chi connectivity index (χ2v) is 11.6. The van der Waals surface area contributed by atoms with Gasteiger partial charge in [0.05, 0.1) is 47.3 Å². The molecule has 1 amide bonds. The van der Waals surface area contributed by atoms with Crippen LogP contribution in [0.2, 0.25) is 5.02 Å². The molecular weight excluding hydrogens is 564 g/mol. The molecule has 0 unspecified atom stereocenters. The lowest BCUT2D eigenvalue weighted by atomic mass is 9.92. The van der Waals surface area contributed by atoms with E-state index in [4.69, 9.17) is 26.3 Å². The van der Waals surface area contributed by atoms with Gasteiger partial charge in [0.25, 0.3) is 0 Å². The summed E-state index contributed by atoms with van der Waals surface area (Å²) in [5.41, 5.74) is 3.49. The van der Waals surface area contributed by atoms with E-state index in [0.29, 0.717) is 55.4 Å². The van der Waals surface area contributed by atoms with Crippen LogP contribution < -0.4 is 14.5 Å². The number of hydrogen-bond donors (Lipinski definition) is 0. The Morgan fingerprint density at radius 1 is 1.26 bits per heavy atom. The lowest BCUT2D eigenvalue weighted by molar-refractivity contribution is -0.124. The predicted molar refractivity (Wildman–Crippen MR) is 167 cm³/mol. The van der Waals surface area contributed by atoms with Crippen LogP contribution >= 0.6 is 11.6 Å². The van der Waals surface area contributed by atoms with Crippen LogP contribution in [0.5, 0.6) is 6.01 Å². The molecule has 2 aliphatic heterocycles. The van der Waals surface area contributed by atoms with Crippen molar-refractivity contribution in [1.82, 2.24) is 24.8 Å². The molecule has 0 spiro atoms. The molecule has 10 nitrogen and oxygen atoms in total. The lowest BCUT2D eigenvalue weighted by Crippen LogP contribution is -2.42. The Bertz CT molecular complexity index is 1610. The van der Waals surface area contributed by atoms with Gasteiger partial charge in [-0.15, -0.1) is 0 Å². The number of likely N-dealkylation sites (N-methyl/N-ethyl adjacent to an activating group) is 1. The highest BCUT2D eigenvalue weighted by atomic mass is 35.5. The fourth-order valence-electron chi connectivity index (χ4n) is 6.01. The summed E-state index contributed by atoms with van der Waals surface area (Å²) < 4.78 is 6.18. The molecule has 11 heteroatoms. The van der Waals surface area contributed by atoms with Gasteiger partial charge < -0.3 is 24.3 Å². The summed E-state index contributed by atoms with van der Waals surface area (Å²) in [6.45, 7) is 7.11. The third-order valence-corrected chi connectivity index (χ3v) is 8.95. The first-order valence-corrected chi connectivity index (χ1v) is 15.1. The van der Waals surface area contributed by atoms with E-state index in [1.54, 1.807) is 4.90 Å². The molecule has 1 aromatic carbocycles. The molecule has 3 aromatic rings. The second kappa shape index (κ2) is 12.6. The number of ether oxygens (including phenoxy) is 1. The second-order valence-electron chi connectivity index (χ2n) is 11.2. The van der Waals surface area contributed by atoms with Crippen LogP contribution in [0.4, 0.5) is 11.5 Å². The maximum absolute atomic E-state index is 12.5. The molecule has 0 N–H and O–H groups in total. The first-order chi connectivity index (χ1) is 21.0. The van der Waals surface area contributed by atoms with Crippen molar-refractivity contribution in [2.75, 3.05) is 49.6 Å². The van der Waals surface area contributed by atoms with Crippen molar-refractivity contribution < 1.29 is 9.53 Å². The number of benzene rings is 1. The zero-order valence-electron chi connectivity index (χ0n) is 24.4. The Kier molecular flexibility index (Phi) is 8.45. The number of fused-ring (bicyclic) bond motifs is 2. The minimum atomic E-state index is -0.219. The molecule has 1 fully saturated rings.